The summed E-state index contributed by atoms with van der Waals surface area (Å²) in [7, 11) is 1.33. The molecule has 0 spiro atoms. The third kappa shape index (κ3) is 2.79. The molecule has 1 fully saturated rings. The first-order valence-corrected chi connectivity index (χ1v) is 5.31. The molecule has 1 saturated carbocycles. The first kappa shape index (κ1) is 10.7. The monoisotopic (exact) mass is 248 g/mol. The summed E-state index contributed by atoms with van der Waals surface area (Å²) in [5, 5.41) is 0. The molecule has 1 rings (SSSR count). The molecule has 13 heavy (non-hydrogen) atoms. The van der Waals surface area contributed by atoms with E-state index in [1.165, 1.54) is 7.11 Å². The van der Waals surface area contributed by atoms with Gasteiger partial charge in [0.2, 0.25) is 0 Å². The van der Waals surface area contributed by atoms with Crippen LogP contribution in [0.15, 0.2) is 0 Å². The standard InChI is InChI=1S/C9H13BrO3/c1-13-9(12)7-4-2-6(10)3-5-8(7)11/h6-7H,2-5H2,1H3. The van der Waals surface area contributed by atoms with Gasteiger partial charge in [-0.25, -0.2) is 0 Å². The highest BCUT2D eigenvalue weighted by Gasteiger charge is 2.30. The minimum atomic E-state index is -0.521. The Morgan fingerprint density at radius 3 is 2.77 bits per heavy atom. The lowest BCUT2D eigenvalue weighted by molar-refractivity contribution is -0.149. The molecule has 3 nitrogen and oxygen atoms in total. The summed E-state index contributed by atoms with van der Waals surface area (Å²) in [4.78, 5) is 23.0. The van der Waals surface area contributed by atoms with Crippen LogP contribution in [0.3, 0.4) is 0 Å². The van der Waals surface area contributed by atoms with E-state index in [9.17, 15) is 9.59 Å². The number of carbonyl (C=O) groups excluding carboxylic acids is 2. The zero-order valence-electron chi connectivity index (χ0n) is 7.59. The molecule has 0 heterocycles. The second-order valence-corrected chi connectivity index (χ2v) is 4.55. The molecule has 0 aromatic carbocycles. The highest BCUT2D eigenvalue weighted by atomic mass is 79.9. The highest BCUT2D eigenvalue weighted by Crippen LogP contribution is 2.25. The largest absolute Gasteiger partial charge is 0.468 e. The fourth-order valence-corrected chi connectivity index (χ4v) is 2.01. The Bertz CT molecular complexity index is 215. The van der Waals surface area contributed by atoms with E-state index in [1.807, 2.05) is 0 Å². The lowest BCUT2D eigenvalue weighted by Crippen LogP contribution is -2.23. The number of methoxy groups -OCH3 is 1. The first-order valence-electron chi connectivity index (χ1n) is 4.39. The van der Waals surface area contributed by atoms with E-state index in [4.69, 9.17) is 0 Å². The molecule has 1 aliphatic rings. The van der Waals surface area contributed by atoms with Crippen LogP contribution in [0.1, 0.15) is 25.7 Å². The zero-order chi connectivity index (χ0) is 9.84. The number of ketones is 1. The van der Waals surface area contributed by atoms with Gasteiger partial charge in [-0.05, 0) is 19.3 Å². The second-order valence-electron chi connectivity index (χ2n) is 3.26. The van der Waals surface area contributed by atoms with Gasteiger partial charge in [0.15, 0.2) is 0 Å². The topological polar surface area (TPSA) is 43.4 Å². The number of hydrogen-bond donors (Lipinski definition) is 0. The first-order chi connectivity index (χ1) is 6.15. The van der Waals surface area contributed by atoms with E-state index in [2.05, 4.69) is 20.7 Å². The molecule has 0 bridgehead atoms. The van der Waals surface area contributed by atoms with Gasteiger partial charge in [-0.15, -0.1) is 0 Å². The number of Topliss-reactive ketones (excluding diaryl/α,β-unsaturated/α-hetero) is 1. The van der Waals surface area contributed by atoms with Crippen LogP contribution in [-0.4, -0.2) is 23.7 Å². The van der Waals surface area contributed by atoms with Crippen LogP contribution in [0.25, 0.3) is 0 Å². The molecule has 4 heteroatoms. The summed E-state index contributed by atoms with van der Waals surface area (Å²) in [5.41, 5.74) is 0. The number of halogens is 1. The van der Waals surface area contributed by atoms with Gasteiger partial charge in [0, 0.05) is 11.2 Å². The number of carbonyl (C=O) groups is 2. The maximum atomic E-state index is 11.4. The van der Waals surface area contributed by atoms with E-state index >= 15 is 0 Å². The maximum absolute atomic E-state index is 11.4. The van der Waals surface area contributed by atoms with Crippen molar-refractivity contribution in [1.29, 1.82) is 0 Å². The van der Waals surface area contributed by atoms with E-state index in [0.717, 1.165) is 12.8 Å². The number of esters is 1. The van der Waals surface area contributed by atoms with Crippen molar-refractivity contribution in [2.24, 2.45) is 5.92 Å². The Balaban J connectivity index is 2.62. The lowest BCUT2D eigenvalue weighted by Gasteiger charge is -2.09. The molecule has 0 amide bonds. The summed E-state index contributed by atoms with van der Waals surface area (Å²) < 4.78 is 4.58. The molecule has 2 atom stereocenters. The molecule has 0 aromatic rings. The average Bonchev–Trinajstić information content (AvgIpc) is 2.28. The van der Waals surface area contributed by atoms with Crippen molar-refractivity contribution in [3.63, 3.8) is 0 Å². The number of rotatable bonds is 1. The minimum absolute atomic E-state index is 0.0220. The Labute approximate surface area is 86.0 Å². The van der Waals surface area contributed by atoms with Crippen molar-refractivity contribution in [2.45, 2.75) is 30.5 Å². The summed E-state index contributed by atoms with van der Waals surface area (Å²) >= 11 is 3.46. The molecular weight excluding hydrogens is 236 g/mol. The molecule has 0 aliphatic heterocycles. The number of alkyl halides is 1. The van der Waals surface area contributed by atoms with E-state index in [1.54, 1.807) is 0 Å². The van der Waals surface area contributed by atoms with Crippen LogP contribution in [0.4, 0.5) is 0 Å². The smallest absolute Gasteiger partial charge is 0.316 e. The summed E-state index contributed by atoms with van der Waals surface area (Å²) in [5.74, 6) is -0.882. The third-order valence-electron chi connectivity index (χ3n) is 2.35. The molecule has 0 saturated heterocycles. The Morgan fingerprint density at radius 1 is 1.46 bits per heavy atom. The van der Waals surface area contributed by atoms with E-state index in [-0.39, 0.29) is 11.8 Å². The van der Waals surface area contributed by atoms with Crippen LogP contribution in [-0.2, 0) is 14.3 Å². The molecule has 0 radical (unpaired) electrons. The van der Waals surface area contributed by atoms with Crippen molar-refractivity contribution in [2.75, 3.05) is 7.11 Å². The van der Waals surface area contributed by atoms with Gasteiger partial charge >= 0.3 is 5.97 Å². The molecule has 2 unspecified atom stereocenters. The summed E-state index contributed by atoms with van der Waals surface area (Å²) in [6, 6.07) is 0. The molecule has 0 aromatic heterocycles. The molecular formula is C9H13BrO3. The van der Waals surface area contributed by atoms with Crippen LogP contribution < -0.4 is 0 Å². The van der Waals surface area contributed by atoms with Crippen molar-refractivity contribution in [3.8, 4) is 0 Å². The van der Waals surface area contributed by atoms with Crippen molar-refractivity contribution < 1.29 is 14.3 Å². The average molecular weight is 249 g/mol. The Morgan fingerprint density at radius 2 is 2.15 bits per heavy atom. The fourth-order valence-electron chi connectivity index (χ4n) is 1.52. The fraction of sp³-hybridized carbons (Fsp3) is 0.778. The lowest BCUT2D eigenvalue weighted by atomic mass is 9.99. The second kappa shape index (κ2) is 4.74. The predicted molar refractivity (Wildman–Crippen MR) is 51.7 cm³/mol. The van der Waals surface area contributed by atoms with Crippen molar-refractivity contribution in [1.82, 2.24) is 0 Å². The highest BCUT2D eigenvalue weighted by molar-refractivity contribution is 9.09. The summed E-state index contributed by atoms with van der Waals surface area (Å²) in [6.07, 6.45) is 2.79. The van der Waals surface area contributed by atoms with Gasteiger partial charge in [-0.1, -0.05) is 15.9 Å². The van der Waals surface area contributed by atoms with Crippen molar-refractivity contribution in [3.05, 3.63) is 0 Å². The maximum Gasteiger partial charge on any atom is 0.316 e. The van der Waals surface area contributed by atoms with E-state index in [0.29, 0.717) is 17.7 Å². The normalized spacial score (nSPS) is 29.5. The van der Waals surface area contributed by atoms with Gasteiger partial charge in [0.1, 0.15) is 11.7 Å². The van der Waals surface area contributed by atoms with Crippen molar-refractivity contribution >= 4 is 27.7 Å². The van der Waals surface area contributed by atoms with Crippen LogP contribution in [0.2, 0.25) is 0 Å². The number of hydrogen-bond acceptors (Lipinski definition) is 3. The predicted octanol–water partition coefficient (Wildman–Crippen LogP) is 1.68. The quantitative estimate of drug-likeness (QED) is 0.307. The Hall–Kier alpha value is -0.380. The molecule has 74 valence electrons. The van der Waals surface area contributed by atoms with Gasteiger partial charge in [-0.3, -0.25) is 9.59 Å². The van der Waals surface area contributed by atoms with Gasteiger partial charge in [0.25, 0.3) is 0 Å². The molecule has 0 N–H and O–H groups in total. The van der Waals surface area contributed by atoms with E-state index < -0.39 is 5.92 Å². The van der Waals surface area contributed by atoms with Crippen LogP contribution in [0.5, 0.6) is 0 Å². The SMILES string of the molecule is COC(=O)C1CCC(Br)CCC1=O. The Kier molecular flexibility index (Phi) is 3.90. The van der Waals surface area contributed by atoms with Crippen LogP contribution >= 0.6 is 15.9 Å². The molecule has 1 aliphatic carbocycles. The van der Waals surface area contributed by atoms with Gasteiger partial charge in [0.05, 0.1) is 7.11 Å². The minimum Gasteiger partial charge on any atom is -0.468 e. The zero-order valence-corrected chi connectivity index (χ0v) is 9.17. The van der Waals surface area contributed by atoms with Gasteiger partial charge in [-0.2, -0.15) is 0 Å². The summed E-state index contributed by atoms with van der Waals surface area (Å²) in [6.45, 7) is 0. The van der Waals surface area contributed by atoms with Crippen LogP contribution in [0, 0.1) is 5.92 Å². The third-order valence-corrected chi connectivity index (χ3v) is 3.26. The number of ether oxygens (including phenoxy) is 1. The van der Waals surface area contributed by atoms with Gasteiger partial charge < -0.3 is 4.74 Å².